The van der Waals surface area contributed by atoms with Crippen LogP contribution in [0.4, 0.5) is 5.69 Å². The molecule has 5 heteroatoms. The summed E-state index contributed by atoms with van der Waals surface area (Å²) in [7, 11) is 0. The first-order chi connectivity index (χ1) is 9.24. The molecule has 0 radical (unpaired) electrons. The van der Waals surface area contributed by atoms with E-state index in [2.05, 4.69) is 22.2 Å². The van der Waals surface area contributed by atoms with Gasteiger partial charge in [-0.2, -0.15) is 0 Å². The van der Waals surface area contributed by atoms with Gasteiger partial charge in [0.05, 0.1) is 17.1 Å². The Morgan fingerprint density at radius 1 is 1.37 bits per heavy atom. The Bertz CT molecular complexity index is 652. The second kappa shape index (κ2) is 5.03. The molecule has 0 aliphatic heterocycles. The smallest absolute Gasteiger partial charge is 0.124 e. The number of nitrogen functional groups attached to an aromatic ring is 1. The minimum atomic E-state index is 0.161. The van der Waals surface area contributed by atoms with Crippen LogP contribution in [0.25, 0.3) is 11.0 Å². The van der Waals surface area contributed by atoms with E-state index in [1.807, 2.05) is 35.7 Å². The number of nitrogens with two attached hydrogens (primary N) is 1. The van der Waals surface area contributed by atoms with E-state index in [1.165, 1.54) is 4.88 Å². The fraction of sp³-hybridized carbons (Fsp3) is 0.214. The van der Waals surface area contributed by atoms with Gasteiger partial charge in [0, 0.05) is 17.1 Å². The lowest BCUT2D eigenvalue weighted by atomic mass is 10.3. The number of aromatic amines is 1. The summed E-state index contributed by atoms with van der Waals surface area (Å²) >= 11 is 1.67. The van der Waals surface area contributed by atoms with Crippen LogP contribution in [0.5, 0.6) is 0 Å². The number of thiophene rings is 1. The molecule has 3 rings (SSSR count). The summed E-state index contributed by atoms with van der Waals surface area (Å²) < 4.78 is 0. The summed E-state index contributed by atoms with van der Waals surface area (Å²) in [5, 5.41) is 5.45. The minimum Gasteiger partial charge on any atom is -0.398 e. The standard InChI is InChI=1S/C14H16N4S/c1-9(16-8-13-10(15)6-7-19-13)14-17-11-4-2-3-5-12(11)18-14/h2-7,9,16H,8,15H2,1H3,(H,17,18). The maximum absolute atomic E-state index is 5.87. The van der Waals surface area contributed by atoms with Gasteiger partial charge in [0.15, 0.2) is 0 Å². The first-order valence-corrected chi connectivity index (χ1v) is 7.12. The average molecular weight is 272 g/mol. The summed E-state index contributed by atoms with van der Waals surface area (Å²) in [6, 6.07) is 10.2. The van der Waals surface area contributed by atoms with Crippen LogP contribution in [0.3, 0.4) is 0 Å². The molecule has 2 heterocycles. The van der Waals surface area contributed by atoms with E-state index in [0.717, 1.165) is 29.1 Å². The second-order valence-electron chi connectivity index (χ2n) is 4.54. The molecule has 2 aromatic heterocycles. The van der Waals surface area contributed by atoms with Crippen molar-refractivity contribution in [3.05, 3.63) is 46.4 Å². The van der Waals surface area contributed by atoms with E-state index in [4.69, 9.17) is 5.73 Å². The number of rotatable bonds is 4. The minimum absolute atomic E-state index is 0.161. The molecule has 1 unspecified atom stereocenters. The van der Waals surface area contributed by atoms with Crippen LogP contribution >= 0.6 is 11.3 Å². The lowest BCUT2D eigenvalue weighted by molar-refractivity contribution is 0.556. The number of para-hydroxylation sites is 2. The molecule has 0 aliphatic rings. The highest BCUT2D eigenvalue weighted by molar-refractivity contribution is 7.10. The van der Waals surface area contributed by atoms with Crippen LogP contribution in [0.2, 0.25) is 0 Å². The van der Waals surface area contributed by atoms with Crippen molar-refractivity contribution in [3.63, 3.8) is 0 Å². The van der Waals surface area contributed by atoms with Crippen molar-refractivity contribution in [2.75, 3.05) is 5.73 Å². The fourth-order valence-electron chi connectivity index (χ4n) is 2.01. The van der Waals surface area contributed by atoms with Gasteiger partial charge >= 0.3 is 0 Å². The topological polar surface area (TPSA) is 66.7 Å². The zero-order valence-corrected chi connectivity index (χ0v) is 11.5. The van der Waals surface area contributed by atoms with Crippen molar-refractivity contribution in [2.45, 2.75) is 19.5 Å². The molecule has 1 aromatic carbocycles. The van der Waals surface area contributed by atoms with E-state index in [1.54, 1.807) is 11.3 Å². The van der Waals surface area contributed by atoms with Crippen LogP contribution in [0.15, 0.2) is 35.7 Å². The molecule has 0 bridgehead atoms. The predicted octanol–water partition coefficient (Wildman–Crippen LogP) is 3.06. The third kappa shape index (κ3) is 2.47. The molecular formula is C14H16N4S. The number of benzene rings is 1. The SMILES string of the molecule is CC(NCc1sccc1N)c1nc2ccccc2[nH]1. The third-order valence-electron chi connectivity index (χ3n) is 3.17. The van der Waals surface area contributed by atoms with Gasteiger partial charge in [-0.05, 0) is 30.5 Å². The largest absolute Gasteiger partial charge is 0.398 e. The molecule has 0 aliphatic carbocycles. The summed E-state index contributed by atoms with van der Waals surface area (Å²) in [5.41, 5.74) is 8.80. The summed E-state index contributed by atoms with van der Waals surface area (Å²) in [6.07, 6.45) is 0. The van der Waals surface area contributed by atoms with Gasteiger partial charge in [-0.25, -0.2) is 4.98 Å². The molecule has 98 valence electrons. The van der Waals surface area contributed by atoms with Crippen molar-refractivity contribution in [1.82, 2.24) is 15.3 Å². The number of imidazole rings is 1. The molecule has 3 aromatic rings. The molecule has 0 saturated carbocycles. The number of nitrogens with one attached hydrogen (secondary N) is 2. The fourth-order valence-corrected chi connectivity index (χ4v) is 2.76. The van der Waals surface area contributed by atoms with E-state index in [0.29, 0.717) is 0 Å². The van der Waals surface area contributed by atoms with Crippen molar-refractivity contribution < 1.29 is 0 Å². The first-order valence-electron chi connectivity index (χ1n) is 6.24. The van der Waals surface area contributed by atoms with E-state index >= 15 is 0 Å². The highest BCUT2D eigenvalue weighted by Gasteiger charge is 2.11. The number of hydrogen-bond donors (Lipinski definition) is 3. The van der Waals surface area contributed by atoms with Crippen LogP contribution in [0.1, 0.15) is 23.7 Å². The molecule has 1 atom stereocenters. The van der Waals surface area contributed by atoms with Gasteiger partial charge in [0.1, 0.15) is 5.82 Å². The number of fused-ring (bicyclic) bond motifs is 1. The molecule has 0 spiro atoms. The predicted molar refractivity (Wildman–Crippen MR) is 80.1 cm³/mol. The zero-order chi connectivity index (χ0) is 13.2. The highest BCUT2D eigenvalue weighted by atomic mass is 32.1. The Hall–Kier alpha value is -1.85. The van der Waals surface area contributed by atoms with Crippen LogP contribution in [0, 0.1) is 0 Å². The Morgan fingerprint density at radius 2 is 2.21 bits per heavy atom. The Balaban J connectivity index is 1.73. The lowest BCUT2D eigenvalue weighted by Gasteiger charge is -2.10. The Morgan fingerprint density at radius 3 is 2.95 bits per heavy atom. The van der Waals surface area contributed by atoms with E-state index in [9.17, 15) is 0 Å². The molecule has 0 saturated heterocycles. The number of aromatic nitrogens is 2. The number of H-pyrrole nitrogens is 1. The van der Waals surface area contributed by atoms with E-state index < -0.39 is 0 Å². The number of hydrogen-bond acceptors (Lipinski definition) is 4. The Labute approximate surface area is 115 Å². The van der Waals surface area contributed by atoms with Crippen LogP contribution < -0.4 is 11.1 Å². The monoisotopic (exact) mass is 272 g/mol. The van der Waals surface area contributed by atoms with Crippen molar-refractivity contribution in [2.24, 2.45) is 0 Å². The summed E-state index contributed by atoms with van der Waals surface area (Å²) in [6.45, 7) is 2.86. The van der Waals surface area contributed by atoms with Gasteiger partial charge in [0.25, 0.3) is 0 Å². The van der Waals surface area contributed by atoms with E-state index in [-0.39, 0.29) is 6.04 Å². The van der Waals surface area contributed by atoms with Gasteiger partial charge < -0.3 is 16.0 Å². The molecule has 0 amide bonds. The Kier molecular flexibility index (Phi) is 3.23. The van der Waals surface area contributed by atoms with Gasteiger partial charge in [-0.15, -0.1) is 11.3 Å². The number of nitrogens with zero attached hydrogens (tertiary/aromatic N) is 1. The third-order valence-corrected chi connectivity index (χ3v) is 4.10. The highest BCUT2D eigenvalue weighted by Crippen LogP contribution is 2.20. The van der Waals surface area contributed by atoms with Gasteiger partial charge in [-0.3, -0.25) is 0 Å². The quantitative estimate of drug-likeness (QED) is 0.684. The van der Waals surface area contributed by atoms with Gasteiger partial charge in [0.2, 0.25) is 0 Å². The van der Waals surface area contributed by atoms with Crippen LogP contribution in [-0.4, -0.2) is 9.97 Å². The van der Waals surface area contributed by atoms with Crippen LogP contribution in [-0.2, 0) is 6.54 Å². The summed E-state index contributed by atoms with van der Waals surface area (Å²) in [5.74, 6) is 0.955. The zero-order valence-electron chi connectivity index (χ0n) is 10.7. The molecule has 4 N–H and O–H groups in total. The van der Waals surface area contributed by atoms with Crippen molar-refractivity contribution in [3.8, 4) is 0 Å². The molecule has 19 heavy (non-hydrogen) atoms. The molecule has 4 nitrogen and oxygen atoms in total. The molecule has 0 fully saturated rings. The lowest BCUT2D eigenvalue weighted by Crippen LogP contribution is -2.19. The second-order valence-corrected chi connectivity index (χ2v) is 5.54. The maximum atomic E-state index is 5.87. The first kappa shape index (κ1) is 12.2. The van der Waals surface area contributed by atoms with Gasteiger partial charge in [-0.1, -0.05) is 12.1 Å². The van der Waals surface area contributed by atoms with Crippen molar-refractivity contribution in [1.29, 1.82) is 0 Å². The normalized spacial score (nSPS) is 12.9. The molecular weight excluding hydrogens is 256 g/mol. The number of anilines is 1. The maximum Gasteiger partial charge on any atom is 0.124 e. The summed E-state index contributed by atoms with van der Waals surface area (Å²) in [4.78, 5) is 9.10. The van der Waals surface area contributed by atoms with Crippen molar-refractivity contribution >= 4 is 28.1 Å². The average Bonchev–Trinajstić information content (AvgIpc) is 3.01.